The van der Waals surface area contributed by atoms with Crippen molar-refractivity contribution in [1.29, 1.82) is 0 Å². The molecule has 18 nitrogen and oxygen atoms in total. The number of nitrogens with one attached hydrogen (secondary N) is 2. The van der Waals surface area contributed by atoms with Gasteiger partial charge in [-0.2, -0.15) is 0 Å². The topological polar surface area (TPSA) is 200 Å². The van der Waals surface area contributed by atoms with Crippen molar-refractivity contribution in [2.24, 2.45) is 21.1 Å². The first-order valence-corrected chi connectivity index (χ1v) is 32.3. The predicted molar refractivity (Wildman–Crippen MR) is 380 cm³/mol. The molecule has 476 valence electrons. The summed E-state index contributed by atoms with van der Waals surface area (Å²) in [6.45, 7) is 24.5. The number of aromatic nitrogens is 10. The molecule has 0 spiro atoms. The average Bonchev–Trinajstić information content (AvgIpc) is 1.70. The van der Waals surface area contributed by atoms with Gasteiger partial charge in [-0.25, -0.2) is 24.9 Å². The van der Waals surface area contributed by atoms with Gasteiger partial charge in [-0.3, -0.25) is 9.59 Å². The van der Waals surface area contributed by atoms with E-state index < -0.39 is 14.0 Å². The summed E-state index contributed by atoms with van der Waals surface area (Å²) in [6.07, 6.45) is 8.68. The number of benzene rings is 5. The number of hydrogen-bond acceptors (Lipinski definition) is 13. The molecule has 3 fully saturated rings. The van der Waals surface area contributed by atoms with Crippen molar-refractivity contribution < 1.29 is 27.9 Å². The first-order valence-electron chi connectivity index (χ1n) is 30.7. The van der Waals surface area contributed by atoms with Crippen LogP contribution in [0.25, 0.3) is 88.8 Å². The van der Waals surface area contributed by atoms with Crippen LogP contribution in [0.15, 0.2) is 189 Å². The number of imidazole rings is 3. The highest BCUT2D eigenvalue weighted by Gasteiger charge is 2.64. The maximum atomic E-state index is 12.4. The van der Waals surface area contributed by atoms with Crippen LogP contribution in [0.3, 0.4) is 0 Å². The first-order chi connectivity index (χ1) is 43.9. The summed E-state index contributed by atoms with van der Waals surface area (Å²) >= 11 is 6.87. The Morgan fingerprint density at radius 1 is 0.419 bits per heavy atom. The van der Waals surface area contributed by atoms with Crippen LogP contribution in [0.4, 0.5) is 0 Å². The third-order valence-corrected chi connectivity index (χ3v) is 19.4. The number of H-pyrrole nitrogens is 2. The fraction of sp³-hybridized carbons (Fsp3) is 0.300. The molecule has 93 heavy (non-hydrogen) atoms. The smallest absolute Gasteiger partial charge is 0.405 e. The average molecular weight is 1380 g/mol. The molecule has 0 unspecified atom stereocenters. The molecule has 0 bridgehead atoms. The molecule has 3 aliphatic rings. The lowest BCUT2D eigenvalue weighted by Gasteiger charge is -2.32. The molecule has 2 N–H and O–H groups in total. The van der Waals surface area contributed by atoms with Crippen LogP contribution in [0.1, 0.15) is 83.1 Å². The van der Waals surface area contributed by atoms with E-state index in [1.54, 1.807) is 18.7 Å². The summed E-state index contributed by atoms with van der Waals surface area (Å²) in [5.41, 5.74) is 11.9. The van der Waals surface area contributed by atoms with Crippen LogP contribution in [-0.2, 0) is 49.1 Å². The molecule has 0 atom stereocenters. The summed E-state index contributed by atoms with van der Waals surface area (Å²) < 4.78 is 43.8. The van der Waals surface area contributed by atoms with E-state index in [1.807, 2.05) is 218 Å². The SMILES string of the molecule is CC1(C)OB(B2OC(C)(C)C(C)(C)O2)OC1(C)C.Cn1cnc2cc(-c3cc4c(=O)cc[nH]c4nc3-c3ccccc3)ccc21.Cn1cnc2cc(B3OC(C)(C)C(C)(C)O3)ccc21.Cn1cnc2cc(Br)ccc21.O=c1cc[nH]c2nc(-c3ccccc3)c(Br)cc12. The van der Waals surface area contributed by atoms with Gasteiger partial charge in [-0.05, 0) is 165 Å². The predicted octanol–water partition coefficient (Wildman–Crippen LogP) is 14.0. The molecule has 3 saturated heterocycles. The minimum atomic E-state index is -0.476. The standard InChI is InChI=1S/C22H16N4O.C14H19BN2O2.C14H9BrN2O.C12H24B2O4.C8H7BrN2/c1-26-13-24-18-11-15(7-8-19(18)26)16-12-17-20(27)9-10-23-22(17)25-21(16)14-5-3-2-4-6-14;1-13(2)14(3,4)19-15(18-13)10-6-7-12-11(8-10)16-9-17(12)5;15-11-8-10-12(18)6-7-16-14(10)17-13(11)9-4-2-1-3-5-9;1-9(2)10(3,4)16-13(15-9)14-17-11(5,6)12(7,8)18-14;1-11-5-10-7-4-6(9)2-3-8(7)11/h2-13H,1H3,(H,23,25,27);6-9H,1-5H3;1-8H,(H,16,17,18);1-8H3;2-5H,1H3. The molecule has 0 saturated carbocycles. The second-order valence-electron chi connectivity index (χ2n) is 26.4. The zero-order valence-corrected chi connectivity index (χ0v) is 58.2. The van der Waals surface area contributed by atoms with E-state index in [-0.39, 0.29) is 51.6 Å². The molecule has 3 aliphatic heterocycles. The lowest BCUT2D eigenvalue weighted by atomic mass is 9.49. The maximum Gasteiger partial charge on any atom is 0.494 e. The Morgan fingerprint density at radius 3 is 1.30 bits per heavy atom. The van der Waals surface area contributed by atoms with Gasteiger partial charge in [-0.1, -0.05) is 88.7 Å². The van der Waals surface area contributed by atoms with Crippen molar-refractivity contribution in [2.45, 2.75) is 117 Å². The van der Waals surface area contributed by atoms with Gasteiger partial charge < -0.3 is 51.6 Å². The van der Waals surface area contributed by atoms with Crippen molar-refractivity contribution in [3.05, 3.63) is 200 Å². The van der Waals surface area contributed by atoms with Gasteiger partial charge in [0.1, 0.15) is 11.3 Å². The summed E-state index contributed by atoms with van der Waals surface area (Å²) in [4.78, 5) is 52.5. The maximum absolute atomic E-state index is 12.4. The van der Waals surface area contributed by atoms with E-state index in [4.69, 9.17) is 32.9 Å². The number of hydrogen-bond donors (Lipinski definition) is 2. The normalized spacial score (nSPS) is 17.2. The number of nitrogens with zero attached hydrogens (tertiary/aromatic N) is 8. The minimum Gasteiger partial charge on any atom is -0.405 e. The van der Waals surface area contributed by atoms with Gasteiger partial charge >= 0.3 is 21.1 Å². The molecule has 0 amide bonds. The van der Waals surface area contributed by atoms with Gasteiger partial charge in [0.15, 0.2) is 10.9 Å². The van der Waals surface area contributed by atoms with Gasteiger partial charge in [0.2, 0.25) is 0 Å². The largest absolute Gasteiger partial charge is 0.494 e. The Balaban J connectivity index is 0.000000122. The zero-order chi connectivity index (χ0) is 66.6. The van der Waals surface area contributed by atoms with Crippen LogP contribution in [0.5, 0.6) is 0 Å². The monoisotopic (exact) mass is 1370 g/mol. The van der Waals surface area contributed by atoms with E-state index >= 15 is 0 Å². The molecule has 12 aromatic rings. The van der Waals surface area contributed by atoms with Crippen molar-refractivity contribution >= 4 is 114 Å². The van der Waals surface area contributed by atoms with Gasteiger partial charge in [0.05, 0.1) is 108 Å². The lowest BCUT2D eigenvalue weighted by Crippen LogP contribution is -2.41. The Morgan fingerprint density at radius 2 is 0.817 bits per heavy atom. The number of pyridine rings is 4. The third kappa shape index (κ3) is 13.8. The van der Waals surface area contributed by atoms with Gasteiger partial charge in [0, 0.05) is 71.3 Å². The first kappa shape index (κ1) is 66.6. The summed E-state index contributed by atoms with van der Waals surface area (Å²) in [5.74, 6) is 0. The Hall–Kier alpha value is -7.86. The van der Waals surface area contributed by atoms with Crippen molar-refractivity contribution in [2.75, 3.05) is 0 Å². The third-order valence-electron chi connectivity index (χ3n) is 18.3. The van der Waals surface area contributed by atoms with Crippen molar-refractivity contribution in [1.82, 2.24) is 48.6 Å². The van der Waals surface area contributed by atoms with E-state index in [0.29, 0.717) is 22.1 Å². The molecular formula is C70H75B3Br2N10O8. The van der Waals surface area contributed by atoms with Crippen LogP contribution in [0.2, 0.25) is 0 Å². The fourth-order valence-electron chi connectivity index (χ4n) is 10.7. The Bertz CT molecular complexity index is 4760. The molecule has 15 rings (SSSR count). The molecular weight excluding hydrogens is 1300 g/mol. The van der Waals surface area contributed by atoms with Crippen LogP contribution in [-0.4, -0.2) is 103 Å². The van der Waals surface area contributed by atoms with Crippen LogP contribution in [0, 0.1) is 0 Å². The van der Waals surface area contributed by atoms with Crippen molar-refractivity contribution in [3.63, 3.8) is 0 Å². The molecule has 10 heterocycles. The number of aromatic amines is 2. The van der Waals surface area contributed by atoms with Crippen molar-refractivity contribution in [3.8, 4) is 33.6 Å². The summed E-state index contributed by atoms with van der Waals surface area (Å²) in [7, 11) is 4.68. The lowest BCUT2D eigenvalue weighted by molar-refractivity contribution is 0.00578. The van der Waals surface area contributed by atoms with Crippen LogP contribution >= 0.6 is 31.9 Å². The fourth-order valence-corrected chi connectivity index (χ4v) is 11.6. The molecule has 23 heteroatoms. The summed E-state index contributed by atoms with van der Waals surface area (Å²) in [5, 5.41) is 1.16. The molecule has 7 aromatic heterocycles. The Kier molecular flexibility index (Phi) is 18.5. The second-order valence-corrected chi connectivity index (χ2v) is 28.2. The van der Waals surface area contributed by atoms with E-state index in [9.17, 15) is 9.59 Å². The number of halogens is 2. The molecule has 5 aromatic carbocycles. The molecule has 0 aliphatic carbocycles. The highest BCUT2D eigenvalue weighted by Crippen LogP contribution is 2.43. The van der Waals surface area contributed by atoms with E-state index in [0.717, 1.165) is 81.2 Å². The van der Waals surface area contributed by atoms with E-state index in [2.05, 4.69) is 102 Å². The molecule has 0 radical (unpaired) electrons. The Labute approximate surface area is 558 Å². The zero-order valence-electron chi connectivity index (χ0n) is 55.0. The quantitative estimate of drug-likeness (QED) is 0.154. The highest BCUT2D eigenvalue weighted by molar-refractivity contribution is 9.10. The number of rotatable bonds is 5. The number of aryl methyl sites for hydroxylation is 3. The highest BCUT2D eigenvalue weighted by atomic mass is 79.9. The summed E-state index contributed by atoms with van der Waals surface area (Å²) in [6, 6.07) is 45.0. The van der Waals surface area contributed by atoms with Gasteiger partial charge in [0.25, 0.3) is 0 Å². The van der Waals surface area contributed by atoms with Gasteiger partial charge in [-0.15, -0.1) is 0 Å². The second kappa shape index (κ2) is 25.8. The minimum absolute atomic E-state index is 0.0310. The number of fused-ring (bicyclic) bond motifs is 5. The van der Waals surface area contributed by atoms with E-state index in [1.165, 1.54) is 12.1 Å². The van der Waals surface area contributed by atoms with Crippen LogP contribution < -0.4 is 16.3 Å².